The Labute approximate surface area is 205 Å². The van der Waals surface area contributed by atoms with Gasteiger partial charge in [0.1, 0.15) is 5.82 Å². The normalized spacial score (nSPS) is 11.8. The maximum Gasteiger partial charge on any atom is 0.416 e. The summed E-state index contributed by atoms with van der Waals surface area (Å²) in [6, 6.07) is 21.4. The number of alkyl halides is 3. The van der Waals surface area contributed by atoms with Gasteiger partial charge in [-0.25, -0.2) is 22.5 Å². The Morgan fingerprint density at radius 2 is 1.42 bits per heavy atom. The third kappa shape index (κ3) is 5.38. The van der Waals surface area contributed by atoms with E-state index in [1.807, 2.05) is 0 Å². The molecule has 4 aromatic rings. The molecule has 0 aliphatic rings. The third-order valence-corrected chi connectivity index (χ3v) is 7.18. The maximum atomic E-state index is 13.4. The summed E-state index contributed by atoms with van der Waals surface area (Å²) in [4.78, 5) is 14.9. The second kappa shape index (κ2) is 9.82. The molecule has 0 aliphatic carbocycles. The van der Waals surface area contributed by atoms with Crippen LogP contribution in [-0.4, -0.2) is 24.5 Å². The van der Waals surface area contributed by atoms with Gasteiger partial charge in [0.15, 0.2) is 0 Å². The fourth-order valence-corrected chi connectivity index (χ4v) is 4.91. The molecule has 0 radical (unpaired) electrons. The minimum absolute atomic E-state index is 0.112. The summed E-state index contributed by atoms with van der Waals surface area (Å²) in [7, 11) is -4.24. The zero-order chi connectivity index (χ0) is 25.9. The molecular weight excluding hydrogens is 493 g/mol. The predicted molar refractivity (Wildman–Crippen MR) is 128 cm³/mol. The van der Waals surface area contributed by atoms with Crippen LogP contribution in [0.5, 0.6) is 0 Å². The van der Waals surface area contributed by atoms with E-state index in [1.54, 1.807) is 48.5 Å². The number of halogens is 3. The third-order valence-electron chi connectivity index (χ3n) is 5.42. The van der Waals surface area contributed by atoms with Crippen LogP contribution in [0.15, 0.2) is 102 Å². The van der Waals surface area contributed by atoms with Crippen molar-refractivity contribution < 1.29 is 31.5 Å². The van der Waals surface area contributed by atoms with Crippen molar-refractivity contribution >= 4 is 21.8 Å². The van der Waals surface area contributed by atoms with Gasteiger partial charge in [-0.05, 0) is 65.2 Å². The van der Waals surface area contributed by atoms with E-state index in [9.17, 15) is 26.4 Å². The predicted octanol–water partition coefficient (Wildman–Crippen LogP) is 5.86. The lowest BCUT2D eigenvalue weighted by atomic mass is 10.0. The summed E-state index contributed by atoms with van der Waals surface area (Å²) < 4.78 is 66.7. The van der Waals surface area contributed by atoms with E-state index in [4.69, 9.17) is 5.11 Å². The smallest absolute Gasteiger partial charge is 0.416 e. The number of benzene rings is 3. The van der Waals surface area contributed by atoms with Gasteiger partial charge in [-0.3, -0.25) is 0 Å². The Bertz CT molecular complexity index is 1460. The number of carboxylic acid groups (broad SMARTS) is 1. The van der Waals surface area contributed by atoms with Crippen molar-refractivity contribution in [2.75, 3.05) is 4.31 Å². The Hall–Kier alpha value is -4.18. The number of anilines is 1. The Morgan fingerprint density at radius 1 is 0.833 bits per heavy atom. The van der Waals surface area contributed by atoms with Crippen molar-refractivity contribution in [3.8, 4) is 11.1 Å². The van der Waals surface area contributed by atoms with Crippen LogP contribution in [-0.2, 0) is 22.7 Å². The van der Waals surface area contributed by atoms with Gasteiger partial charge < -0.3 is 5.11 Å². The highest BCUT2D eigenvalue weighted by molar-refractivity contribution is 7.92. The van der Waals surface area contributed by atoms with Crippen LogP contribution in [0.2, 0.25) is 0 Å². The lowest BCUT2D eigenvalue weighted by Crippen LogP contribution is -2.31. The Kier molecular flexibility index (Phi) is 6.80. The fourth-order valence-electron chi connectivity index (χ4n) is 3.51. The lowest BCUT2D eigenvalue weighted by molar-refractivity contribution is -0.137. The van der Waals surface area contributed by atoms with Crippen molar-refractivity contribution in [1.82, 2.24) is 4.98 Å². The molecule has 0 bridgehead atoms. The molecule has 0 amide bonds. The highest BCUT2D eigenvalue weighted by atomic mass is 32.2. The number of nitrogens with zero attached hydrogens (tertiary/aromatic N) is 2. The number of sulfonamides is 1. The van der Waals surface area contributed by atoms with Crippen LogP contribution in [0.3, 0.4) is 0 Å². The van der Waals surface area contributed by atoms with E-state index < -0.39 is 27.7 Å². The van der Waals surface area contributed by atoms with Crippen LogP contribution in [0.4, 0.5) is 19.0 Å². The standard InChI is InChI=1S/C26H19F3N2O4S/c27-26(28,29)22-12-14-23(15-13-22)36(34,35)31(24-3-1-2-16-30-24)17-18-4-6-19(7-5-18)20-8-10-21(11-9-20)25(32)33/h1-16H,17H2,(H,32,33). The zero-order valence-corrected chi connectivity index (χ0v) is 19.4. The van der Waals surface area contributed by atoms with Crippen LogP contribution in [0.1, 0.15) is 21.5 Å². The maximum absolute atomic E-state index is 13.4. The number of carboxylic acids is 1. The first-order valence-corrected chi connectivity index (χ1v) is 12.0. The average Bonchev–Trinajstić information content (AvgIpc) is 2.87. The number of hydrogen-bond donors (Lipinski definition) is 1. The highest BCUT2D eigenvalue weighted by Crippen LogP contribution is 2.31. The van der Waals surface area contributed by atoms with Gasteiger partial charge in [-0.2, -0.15) is 13.2 Å². The van der Waals surface area contributed by atoms with E-state index in [2.05, 4.69) is 4.98 Å². The number of hydrogen-bond acceptors (Lipinski definition) is 4. The minimum Gasteiger partial charge on any atom is -0.478 e. The van der Waals surface area contributed by atoms with Gasteiger partial charge in [0.2, 0.25) is 0 Å². The first kappa shape index (κ1) is 24.9. The molecule has 1 N–H and O–H groups in total. The molecule has 0 saturated carbocycles. The van der Waals surface area contributed by atoms with Gasteiger partial charge in [0, 0.05) is 6.20 Å². The summed E-state index contributed by atoms with van der Waals surface area (Å²) in [5.41, 5.74) is 1.41. The quantitative estimate of drug-likeness (QED) is 0.335. The molecule has 1 aromatic heterocycles. The van der Waals surface area contributed by atoms with Gasteiger partial charge in [-0.15, -0.1) is 0 Å². The van der Waals surface area contributed by atoms with Crippen molar-refractivity contribution in [3.05, 3.63) is 114 Å². The minimum atomic E-state index is -4.58. The first-order valence-electron chi connectivity index (χ1n) is 10.6. The highest BCUT2D eigenvalue weighted by Gasteiger charge is 2.32. The topological polar surface area (TPSA) is 87.6 Å². The van der Waals surface area contributed by atoms with Gasteiger partial charge >= 0.3 is 12.1 Å². The summed E-state index contributed by atoms with van der Waals surface area (Å²) >= 11 is 0. The van der Waals surface area contributed by atoms with E-state index >= 15 is 0 Å². The average molecular weight is 513 g/mol. The second-order valence-electron chi connectivity index (χ2n) is 7.80. The van der Waals surface area contributed by atoms with Gasteiger partial charge in [0.25, 0.3) is 10.0 Å². The SMILES string of the molecule is O=C(O)c1ccc(-c2ccc(CN(c3ccccn3)S(=O)(=O)c3ccc(C(F)(F)F)cc3)cc2)cc1. The fraction of sp³-hybridized carbons (Fsp3) is 0.0769. The van der Waals surface area contributed by atoms with Crippen LogP contribution in [0, 0.1) is 0 Å². The molecule has 1 heterocycles. The monoisotopic (exact) mass is 512 g/mol. The first-order chi connectivity index (χ1) is 17.1. The van der Waals surface area contributed by atoms with E-state index in [0.29, 0.717) is 5.56 Å². The van der Waals surface area contributed by atoms with Crippen molar-refractivity contribution in [2.24, 2.45) is 0 Å². The van der Waals surface area contributed by atoms with Crippen molar-refractivity contribution in [3.63, 3.8) is 0 Å². The molecule has 184 valence electrons. The number of aromatic nitrogens is 1. The molecule has 0 aliphatic heterocycles. The summed E-state index contributed by atoms with van der Waals surface area (Å²) in [5.74, 6) is -0.911. The molecule has 0 saturated heterocycles. The molecule has 0 fully saturated rings. The number of rotatable bonds is 7. The zero-order valence-electron chi connectivity index (χ0n) is 18.6. The number of pyridine rings is 1. The van der Waals surface area contributed by atoms with Crippen LogP contribution in [0.25, 0.3) is 11.1 Å². The molecule has 6 nitrogen and oxygen atoms in total. The Morgan fingerprint density at radius 3 is 1.92 bits per heavy atom. The molecule has 3 aromatic carbocycles. The van der Waals surface area contributed by atoms with Crippen LogP contribution >= 0.6 is 0 Å². The Balaban J connectivity index is 1.64. The molecule has 10 heteroatoms. The molecule has 4 rings (SSSR count). The van der Waals surface area contributed by atoms with Gasteiger partial charge in [0.05, 0.1) is 22.6 Å². The van der Waals surface area contributed by atoms with Gasteiger partial charge in [-0.1, -0.05) is 42.5 Å². The summed E-state index contributed by atoms with van der Waals surface area (Å²) in [6.07, 6.45) is -3.16. The largest absolute Gasteiger partial charge is 0.478 e. The molecule has 0 unspecified atom stereocenters. The molecule has 36 heavy (non-hydrogen) atoms. The number of aromatic carboxylic acids is 1. The summed E-state index contributed by atoms with van der Waals surface area (Å²) in [6.45, 7) is -0.112. The molecular formula is C26H19F3N2O4S. The van der Waals surface area contributed by atoms with E-state index in [1.165, 1.54) is 24.4 Å². The second-order valence-corrected chi connectivity index (χ2v) is 9.66. The van der Waals surface area contributed by atoms with Crippen molar-refractivity contribution in [2.45, 2.75) is 17.6 Å². The number of carbonyl (C=O) groups is 1. The van der Waals surface area contributed by atoms with E-state index in [-0.39, 0.29) is 22.8 Å². The van der Waals surface area contributed by atoms with E-state index in [0.717, 1.165) is 39.7 Å². The lowest BCUT2D eigenvalue weighted by Gasteiger charge is -2.24. The molecule has 0 spiro atoms. The molecule has 0 atom stereocenters. The van der Waals surface area contributed by atoms with Crippen molar-refractivity contribution in [1.29, 1.82) is 0 Å². The summed E-state index contributed by atoms with van der Waals surface area (Å²) in [5, 5.41) is 9.05. The van der Waals surface area contributed by atoms with Crippen LogP contribution < -0.4 is 4.31 Å².